The van der Waals surface area contributed by atoms with Crippen LogP contribution in [0.25, 0.3) is 43.5 Å². The van der Waals surface area contributed by atoms with Crippen LogP contribution < -0.4 is 19.3 Å². The number of hydrogen-bond acceptors (Lipinski definition) is 6. The number of allylic oxidation sites excluding steroid dienone is 8. The molecule has 0 radical (unpaired) electrons. The van der Waals surface area contributed by atoms with Crippen molar-refractivity contribution in [1.29, 1.82) is 0 Å². The molecule has 0 bridgehead atoms. The van der Waals surface area contributed by atoms with Crippen LogP contribution in [0, 0.1) is 23.7 Å². The van der Waals surface area contributed by atoms with E-state index in [4.69, 9.17) is 9.47 Å². The fourth-order valence-electron chi connectivity index (χ4n) is 10.3. The molecule has 0 aromatic heterocycles. The lowest BCUT2D eigenvalue weighted by molar-refractivity contribution is 0.0877. The molecule has 4 amide bonds. The van der Waals surface area contributed by atoms with Crippen LogP contribution >= 0.6 is 0 Å². The van der Waals surface area contributed by atoms with Gasteiger partial charge >= 0.3 is 0 Å². The van der Waals surface area contributed by atoms with Crippen molar-refractivity contribution in [3.63, 3.8) is 0 Å². The van der Waals surface area contributed by atoms with Crippen LogP contribution in [0.2, 0.25) is 0 Å². The molecule has 0 saturated carbocycles. The van der Waals surface area contributed by atoms with Crippen molar-refractivity contribution in [3.8, 4) is 35.2 Å². The fourth-order valence-corrected chi connectivity index (χ4v) is 10.3. The summed E-state index contributed by atoms with van der Waals surface area (Å²) in [6.45, 7) is 8.07. The minimum atomic E-state index is -0.453. The van der Waals surface area contributed by atoms with Crippen LogP contribution in [0.15, 0.2) is 195 Å². The minimum absolute atomic E-state index is 0.171. The predicted octanol–water partition coefficient (Wildman–Crippen LogP) is 13.4. The van der Waals surface area contributed by atoms with Gasteiger partial charge in [0.25, 0.3) is 23.6 Å². The van der Waals surface area contributed by atoms with Gasteiger partial charge in [-0.25, -0.2) is 9.80 Å². The molecule has 8 aromatic carbocycles. The summed E-state index contributed by atoms with van der Waals surface area (Å²) in [5.41, 5.74) is 8.87. The van der Waals surface area contributed by atoms with Crippen molar-refractivity contribution in [2.45, 2.75) is 12.8 Å². The third kappa shape index (κ3) is 7.61. The van der Waals surface area contributed by atoms with Crippen LogP contribution in [0.1, 0.15) is 87.7 Å². The van der Waals surface area contributed by atoms with Crippen LogP contribution in [0.5, 0.6) is 11.5 Å². The second-order valence-corrected chi connectivity index (χ2v) is 18.1. The first-order valence-corrected chi connectivity index (χ1v) is 24.2. The molecule has 8 heteroatoms. The summed E-state index contributed by atoms with van der Waals surface area (Å²) in [4.78, 5) is 60.3. The lowest BCUT2D eigenvalue weighted by atomic mass is 9.90. The molecule has 0 atom stereocenters. The summed E-state index contributed by atoms with van der Waals surface area (Å²) in [7, 11) is 0. The van der Waals surface area contributed by atoms with Crippen LogP contribution in [-0.2, 0) is 0 Å². The minimum Gasteiger partial charge on any atom is -0.488 e. The number of benzene rings is 8. The fraction of sp³-hybridized carbons (Fsp3) is 0.0606. The van der Waals surface area contributed by atoms with Gasteiger partial charge in [0.1, 0.15) is 24.7 Å². The molecule has 8 nitrogen and oxygen atoms in total. The number of anilines is 2. The van der Waals surface area contributed by atoms with Gasteiger partial charge in [0.15, 0.2) is 0 Å². The Balaban J connectivity index is 0.936. The maximum absolute atomic E-state index is 14.6. The normalized spacial score (nSPS) is 14.2. The van der Waals surface area contributed by atoms with Gasteiger partial charge < -0.3 is 9.47 Å². The molecule has 0 saturated heterocycles. The molecule has 2 heterocycles. The zero-order valence-corrected chi connectivity index (χ0v) is 39.9. The average Bonchev–Trinajstić information content (AvgIpc) is 4.20. The molecule has 12 rings (SSSR count). The van der Waals surface area contributed by atoms with E-state index in [-0.39, 0.29) is 13.2 Å². The van der Waals surface area contributed by atoms with Crippen molar-refractivity contribution in [2.75, 3.05) is 23.0 Å². The van der Waals surface area contributed by atoms with Crippen LogP contribution in [0.3, 0.4) is 0 Å². The predicted molar refractivity (Wildman–Crippen MR) is 294 cm³/mol. The summed E-state index contributed by atoms with van der Waals surface area (Å²) in [5, 5.41) is 3.89. The Morgan fingerprint density at radius 1 is 0.446 bits per heavy atom. The number of imide groups is 2. The van der Waals surface area contributed by atoms with Crippen LogP contribution in [-0.4, -0.2) is 36.8 Å². The maximum atomic E-state index is 14.6. The van der Waals surface area contributed by atoms with E-state index < -0.39 is 23.6 Å². The zero-order chi connectivity index (χ0) is 50.5. The lowest BCUT2D eigenvalue weighted by Crippen LogP contribution is -2.40. The number of carbonyl (C=O) groups is 4. The number of amides is 4. The van der Waals surface area contributed by atoms with Gasteiger partial charge in [0.2, 0.25) is 0 Å². The SMILES string of the molecule is C=CCOc1c(C#Cc2ccc(C#Cc3cc4c5c(cccc5c3OCC=C)C(=O)N(c3cccc(C5=CC=CC5)c3)C4=O)c3ccccc23)cc2c3c(cccc13)C(=O)N(c1cccc(C3=CC=CC3)c1)C2=O. The molecule has 0 N–H and O–H groups in total. The van der Waals surface area contributed by atoms with E-state index in [2.05, 4.69) is 49.0 Å². The molecule has 0 spiro atoms. The molecular weight excluding hydrogens is 917 g/mol. The summed E-state index contributed by atoms with van der Waals surface area (Å²) in [6, 6.07) is 40.9. The topological polar surface area (TPSA) is 93.2 Å². The van der Waals surface area contributed by atoms with Gasteiger partial charge in [-0.1, -0.05) is 158 Å². The standard InChI is InChI=1S/C66H42N2O6/c1-3-35-73-61-47(39-57-59-53(61)25-13-27-55(59)63(69)67(65(57)71)49-21-11-19-45(37-49)41-15-5-6-16-41)33-31-43-29-30-44(52-24-10-9-23-51(43)52)32-34-48-40-58-60-54(62(48)74-36-4-2)26-14-28-56(60)64(70)68(66(58)72)50-22-12-20-46(38-50)42-17-7-8-18-42/h3-15,17,19-30,37-40H,1-2,16,18,35-36H2. The van der Waals surface area contributed by atoms with E-state index in [0.29, 0.717) is 88.9 Å². The number of hydrogen-bond donors (Lipinski definition) is 0. The maximum Gasteiger partial charge on any atom is 0.266 e. The molecule has 74 heavy (non-hydrogen) atoms. The Morgan fingerprint density at radius 2 is 0.851 bits per heavy atom. The van der Waals surface area contributed by atoms with Gasteiger partial charge in [0, 0.05) is 43.8 Å². The van der Waals surface area contributed by atoms with Crippen molar-refractivity contribution in [3.05, 3.63) is 251 Å². The van der Waals surface area contributed by atoms with Gasteiger partial charge in [-0.2, -0.15) is 0 Å². The Labute approximate surface area is 427 Å². The highest BCUT2D eigenvalue weighted by molar-refractivity contribution is 6.37. The third-order valence-corrected chi connectivity index (χ3v) is 13.7. The third-order valence-electron chi connectivity index (χ3n) is 13.7. The van der Waals surface area contributed by atoms with Crippen molar-refractivity contribution in [2.24, 2.45) is 0 Å². The summed E-state index contributed by atoms with van der Waals surface area (Å²) in [5.74, 6) is 12.6. The molecule has 8 aromatic rings. The first-order valence-electron chi connectivity index (χ1n) is 24.2. The van der Waals surface area contributed by atoms with Crippen LogP contribution in [0.4, 0.5) is 11.4 Å². The lowest BCUT2D eigenvalue weighted by Gasteiger charge is -2.28. The molecular formula is C66H42N2O6. The van der Waals surface area contributed by atoms with Crippen molar-refractivity contribution >= 4 is 78.5 Å². The Bertz CT molecular complexity index is 3860. The number of fused-ring (bicyclic) bond motifs is 1. The summed E-state index contributed by atoms with van der Waals surface area (Å²) >= 11 is 0. The van der Waals surface area contributed by atoms with Gasteiger partial charge in [-0.05, 0) is 107 Å². The van der Waals surface area contributed by atoms with E-state index in [0.717, 1.165) is 45.9 Å². The van der Waals surface area contributed by atoms with E-state index in [9.17, 15) is 19.2 Å². The van der Waals surface area contributed by atoms with E-state index in [1.807, 2.05) is 109 Å². The smallest absolute Gasteiger partial charge is 0.266 e. The van der Waals surface area contributed by atoms with Gasteiger partial charge in [0.05, 0.1) is 33.6 Å². The Morgan fingerprint density at radius 3 is 1.27 bits per heavy atom. The second kappa shape index (κ2) is 18.6. The molecule has 352 valence electrons. The summed E-state index contributed by atoms with van der Waals surface area (Å²) < 4.78 is 12.6. The summed E-state index contributed by atoms with van der Waals surface area (Å²) in [6.07, 6.45) is 17.1. The first kappa shape index (κ1) is 45.1. The highest BCUT2D eigenvalue weighted by Gasteiger charge is 2.37. The Hall–Kier alpha value is -10.0. The van der Waals surface area contributed by atoms with Gasteiger partial charge in [-0.3, -0.25) is 19.2 Å². The average molecular weight is 959 g/mol. The largest absolute Gasteiger partial charge is 0.488 e. The highest BCUT2D eigenvalue weighted by atomic mass is 16.5. The number of nitrogens with zero attached hydrogens (tertiary/aromatic N) is 2. The number of carbonyl (C=O) groups excluding carboxylic acids is 4. The van der Waals surface area contributed by atoms with Crippen molar-refractivity contribution < 1.29 is 28.7 Å². The van der Waals surface area contributed by atoms with E-state index in [1.165, 1.54) is 9.80 Å². The van der Waals surface area contributed by atoms with E-state index >= 15 is 0 Å². The molecule has 0 fully saturated rings. The molecule has 2 aliphatic carbocycles. The Kier molecular flexibility index (Phi) is 11.4. The van der Waals surface area contributed by atoms with Gasteiger partial charge in [-0.15, -0.1) is 0 Å². The first-order chi connectivity index (χ1) is 36.3. The molecule has 0 unspecified atom stereocenters. The molecule has 2 aliphatic heterocycles. The van der Waals surface area contributed by atoms with Crippen molar-refractivity contribution in [1.82, 2.24) is 0 Å². The quantitative estimate of drug-likeness (QED) is 0.0770. The van der Waals surface area contributed by atoms with E-state index in [1.54, 1.807) is 60.7 Å². The monoisotopic (exact) mass is 958 g/mol. The second-order valence-electron chi connectivity index (χ2n) is 18.1. The number of rotatable bonds is 10. The number of ether oxygens (including phenoxy) is 2. The highest BCUT2D eigenvalue weighted by Crippen LogP contribution is 2.42. The zero-order valence-electron chi connectivity index (χ0n) is 39.9. The molecule has 4 aliphatic rings.